The molecule has 0 spiro atoms. The van der Waals surface area contributed by atoms with Gasteiger partial charge in [-0.1, -0.05) is 23.7 Å². The summed E-state index contributed by atoms with van der Waals surface area (Å²) >= 11 is 6.01. The van der Waals surface area contributed by atoms with E-state index in [1.54, 1.807) is 20.0 Å². The van der Waals surface area contributed by atoms with E-state index < -0.39 is 11.6 Å². The van der Waals surface area contributed by atoms with Gasteiger partial charge in [0.05, 0.1) is 6.04 Å². The normalized spacial score (nSPS) is 12.5. The van der Waals surface area contributed by atoms with Crippen molar-refractivity contribution in [3.8, 4) is 0 Å². The Morgan fingerprint density at radius 3 is 2.30 bits per heavy atom. The third-order valence-corrected chi connectivity index (χ3v) is 3.82. The predicted molar refractivity (Wildman–Crippen MR) is 78.2 cm³/mol. The summed E-state index contributed by atoms with van der Waals surface area (Å²) in [6.45, 7) is 3.52. The molecule has 1 atom stereocenters. The molecule has 0 saturated carbocycles. The largest absolute Gasteiger partial charge is 0.309 e. The maximum Gasteiger partial charge on any atom is 0.131 e. The van der Waals surface area contributed by atoms with Crippen LogP contribution in [0.1, 0.15) is 28.3 Å². The molecule has 2 rings (SSSR count). The molecule has 0 aliphatic rings. The summed E-state index contributed by atoms with van der Waals surface area (Å²) in [4.78, 5) is 0. The Bertz CT molecular complexity index is 641. The quantitative estimate of drug-likeness (QED) is 0.876. The third-order valence-electron chi connectivity index (χ3n) is 3.39. The number of hydrogen-bond donors (Lipinski definition) is 1. The fourth-order valence-electron chi connectivity index (χ4n) is 2.25. The molecule has 0 aliphatic heterocycles. The zero-order chi connectivity index (χ0) is 14.9. The second-order valence-electron chi connectivity index (χ2n) is 4.85. The topological polar surface area (TPSA) is 12.0 Å². The van der Waals surface area contributed by atoms with E-state index in [9.17, 15) is 8.78 Å². The van der Waals surface area contributed by atoms with Gasteiger partial charge in [0, 0.05) is 16.7 Å². The molecule has 0 radical (unpaired) electrons. The first-order chi connectivity index (χ1) is 9.43. The number of nitrogens with one attached hydrogen (secondary N) is 1. The van der Waals surface area contributed by atoms with E-state index >= 15 is 0 Å². The van der Waals surface area contributed by atoms with Crippen LogP contribution in [-0.4, -0.2) is 7.05 Å². The average molecular weight is 296 g/mol. The summed E-state index contributed by atoms with van der Waals surface area (Å²) < 4.78 is 27.4. The highest BCUT2D eigenvalue weighted by molar-refractivity contribution is 6.31. The van der Waals surface area contributed by atoms with Gasteiger partial charge in [0.1, 0.15) is 11.6 Å². The molecule has 0 amide bonds. The van der Waals surface area contributed by atoms with Crippen LogP contribution in [0.25, 0.3) is 0 Å². The first-order valence-electron chi connectivity index (χ1n) is 6.33. The molecule has 106 valence electrons. The minimum Gasteiger partial charge on any atom is -0.309 e. The van der Waals surface area contributed by atoms with Crippen LogP contribution < -0.4 is 5.32 Å². The molecule has 1 N–H and O–H groups in total. The summed E-state index contributed by atoms with van der Waals surface area (Å²) in [6.07, 6.45) is 0. The number of hydrogen-bond acceptors (Lipinski definition) is 1. The lowest BCUT2D eigenvalue weighted by atomic mass is 9.95. The van der Waals surface area contributed by atoms with Gasteiger partial charge < -0.3 is 5.32 Å². The number of halogens is 3. The van der Waals surface area contributed by atoms with Crippen LogP contribution in [0.3, 0.4) is 0 Å². The molecule has 4 heteroatoms. The zero-order valence-corrected chi connectivity index (χ0v) is 12.4. The van der Waals surface area contributed by atoms with Crippen molar-refractivity contribution in [2.24, 2.45) is 0 Å². The number of aryl methyl sites for hydroxylation is 2. The van der Waals surface area contributed by atoms with Gasteiger partial charge in [-0.05, 0) is 49.7 Å². The Balaban J connectivity index is 2.52. The van der Waals surface area contributed by atoms with Crippen molar-refractivity contribution in [1.82, 2.24) is 5.32 Å². The van der Waals surface area contributed by atoms with Crippen molar-refractivity contribution >= 4 is 11.6 Å². The second kappa shape index (κ2) is 5.90. The number of rotatable bonds is 3. The maximum atomic E-state index is 14.0. The summed E-state index contributed by atoms with van der Waals surface area (Å²) in [6, 6.07) is 7.65. The predicted octanol–water partition coefficient (Wildman–Crippen LogP) is 4.54. The average Bonchev–Trinajstić information content (AvgIpc) is 2.40. The molecule has 0 aliphatic carbocycles. The van der Waals surface area contributed by atoms with Gasteiger partial charge in [0.25, 0.3) is 0 Å². The molecule has 2 aromatic rings. The van der Waals surface area contributed by atoms with E-state index in [1.807, 2.05) is 19.1 Å². The minimum absolute atomic E-state index is 0.342. The smallest absolute Gasteiger partial charge is 0.131 e. The van der Waals surface area contributed by atoms with E-state index in [2.05, 4.69) is 5.32 Å². The fourth-order valence-corrected chi connectivity index (χ4v) is 2.37. The van der Waals surface area contributed by atoms with Crippen LogP contribution in [0, 0.1) is 25.5 Å². The molecule has 0 aromatic heterocycles. The lowest BCUT2D eigenvalue weighted by Crippen LogP contribution is -2.19. The lowest BCUT2D eigenvalue weighted by Gasteiger charge is -2.19. The Morgan fingerprint density at radius 1 is 1.00 bits per heavy atom. The van der Waals surface area contributed by atoms with Crippen molar-refractivity contribution in [1.29, 1.82) is 0 Å². The van der Waals surface area contributed by atoms with E-state index in [0.29, 0.717) is 16.1 Å². The van der Waals surface area contributed by atoms with Crippen LogP contribution in [0.2, 0.25) is 5.02 Å². The summed E-state index contributed by atoms with van der Waals surface area (Å²) in [5.41, 5.74) is 2.66. The first-order valence-corrected chi connectivity index (χ1v) is 6.70. The van der Waals surface area contributed by atoms with Crippen LogP contribution in [-0.2, 0) is 0 Å². The van der Waals surface area contributed by atoms with E-state index in [1.165, 1.54) is 6.07 Å². The summed E-state index contributed by atoms with van der Waals surface area (Å²) in [5, 5.41) is 3.73. The summed E-state index contributed by atoms with van der Waals surface area (Å²) in [7, 11) is 1.74. The first kappa shape index (κ1) is 14.9. The van der Waals surface area contributed by atoms with Gasteiger partial charge in [-0.15, -0.1) is 0 Å². The molecule has 0 heterocycles. The standard InChI is InChI=1S/C16H16ClF2N/c1-9-6-11(4-5-13(9)17)16(20-3)12-7-10(2)14(18)8-15(12)19/h4-8,16,20H,1-3H3. The van der Waals surface area contributed by atoms with Crippen molar-refractivity contribution in [3.05, 3.63) is 69.2 Å². The van der Waals surface area contributed by atoms with Gasteiger partial charge >= 0.3 is 0 Å². The van der Waals surface area contributed by atoms with Gasteiger partial charge in [0.2, 0.25) is 0 Å². The van der Waals surface area contributed by atoms with E-state index in [4.69, 9.17) is 11.6 Å². The highest BCUT2D eigenvalue weighted by Gasteiger charge is 2.18. The molecule has 0 saturated heterocycles. The van der Waals surface area contributed by atoms with Crippen molar-refractivity contribution < 1.29 is 8.78 Å². The molecule has 2 aromatic carbocycles. The Kier molecular flexibility index (Phi) is 4.41. The molecule has 0 fully saturated rings. The van der Waals surface area contributed by atoms with E-state index in [-0.39, 0.29) is 6.04 Å². The molecular weight excluding hydrogens is 280 g/mol. The highest BCUT2D eigenvalue weighted by atomic mass is 35.5. The van der Waals surface area contributed by atoms with Crippen LogP contribution in [0.5, 0.6) is 0 Å². The Labute approximate surface area is 122 Å². The minimum atomic E-state index is -0.556. The lowest BCUT2D eigenvalue weighted by molar-refractivity contribution is 0.547. The zero-order valence-electron chi connectivity index (χ0n) is 11.6. The Morgan fingerprint density at radius 2 is 1.70 bits per heavy atom. The monoisotopic (exact) mass is 295 g/mol. The van der Waals surface area contributed by atoms with Crippen LogP contribution in [0.15, 0.2) is 30.3 Å². The highest BCUT2D eigenvalue weighted by Crippen LogP contribution is 2.28. The van der Waals surface area contributed by atoms with Gasteiger partial charge in [-0.2, -0.15) is 0 Å². The van der Waals surface area contributed by atoms with Crippen molar-refractivity contribution in [2.45, 2.75) is 19.9 Å². The molecule has 20 heavy (non-hydrogen) atoms. The second-order valence-corrected chi connectivity index (χ2v) is 5.26. The Hall–Kier alpha value is -1.45. The van der Waals surface area contributed by atoms with Gasteiger partial charge in [-0.3, -0.25) is 0 Å². The van der Waals surface area contributed by atoms with Crippen LogP contribution in [0.4, 0.5) is 8.78 Å². The summed E-state index contributed by atoms with van der Waals surface area (Å²) in [5.74, 6) is -1.09. The third kappa shape index (κ3) is 2.84. The van der Waals surface area contributed by atoms with Gasteiger partial charge in [-0.25, -0.2) is 8.78 Å². The maximum absolute atomic E-state index is 14.0. The SMILES string of the molecule is CNC(c1ccc(Cl)c(C)c1)c1cc(C)c(F)cc1F. The molecule has 1 unspecified atom stereocenters. The van der Waals surface area contributed by atoms with Crippen LogP contribution >= 0.6 is 11.6 Å². The molecule has 0 bridgehead atoms. The number of benzene rings is 2. The molecular formula is C16H16ClF2N. The van der Waals surface area contributed by atoms with E-state index in [0.717, 1.165) is 17.2 Å². The van der Waals surface area contributed by atoms with Crippen molar-refractivity contribution in [3.63, 3.8) is 0 Å². The van der Waals surface area contributed by atoms with Gasteiger partial charge in [0.15, 0.2) is 0 Å². The molecule has 1 nitrogen and oxygen atoms in total. The fraction of sp³-hybridized carbons (Fsp3) is 0.250. The van der Waals surface area contributed by atoms with Crippen molar-refractivity contribution in [2.75, 3.05) is 7.05 Å².